The molecule has 1 N–H and O–H groups in total. The fourth-order valence-corrected chi connectivity index (χ4v) is 1.65. The van der Waals surface area contributed by atoms with Gasteiger partial charge in [0.25, 0.3) is 0 Å². The molecule has 2 rings (SSSR count). The summed E-state index contributed by atoms with van der Waals surface area (Å²) in [6, 6.07) is 8.79. The molecule has 0 saturated heterocycles. The van der Waals surface area contributed by atoms with Crippen LogP contribution in [0.25, 0.3) is 11.3 Å². The first-order valence-corrected chi connectivity index (χ1v) is 5.16. The molecule has 0 spiro atoms. The highest BCUT2D eigenvalue weighted by atomic mass is 35.5. The van der Waals surface area contributed by atoms with Gasteiger partial charge in [-0.1, -0.05) is 11.6 Å². The van der Waals surface area contributed by atoms with Crippen molar-refractivity contribution in [3.63, 3.8) is 0 Å². The Morgan fingerprint density at radius 3 is 2.75 bits per heavy atom. The lowest BCUT2D eigenvalue weighted by atomic mass is 10.1. The van der Waals surface area contributed by atoms with E-state index in [0.29, 0.717) is 22.3 Å². The van der Waals surface area contributed by atoms with Gasteiger partial charge < -0.3 is 14.3 Å². The Hall–Kier alpha value is -1.45. The first-order valence-electron chi connectivity index (χ1n) is 4.78. The number of halogens is 1. The zero-order valence-electron chi connectivity index (χ0n) is 8.74. The molecule has 1 heterocycles. The smallest absolute Gasteiger partial charge is 0.138 e. The number of hydrogen-bond acceptors (Lipinski definition) is 3. The van der Waals surface area contributed by atoms with Crippen molar-refractivity contribution in [1.82, 2.24) is 0 Å². The van der Waals surface area contributed by atoms with E-state index in [1.54, 1.807) is 37.4 Å². The molecular weight excluding hydrogens is 228 g/mol. The number of aliphatic hydroxyl groups excluding tert-OH is 1. The van der Waals surface area contributed by atoms with Gasteiger partial charge in [0.15, 0.2) is 0 Å². The molecule has 1 aromatic carbocycles. The second-order valence-corrected chi connectivity index (χ2v) is 3.71. The molecule has 0 amide bonds. The van der Waals surface area contributed by atoms with E-state index in [1.165, 1.54) is 0 Å². The van der Waals surface area contributed by atoms with Gasteiger partial charge in [0.2, 0.25) is 0 Å². The Morgan fingerprint density at radius 1 is 1.31 bits per heavy atom. The molecule has 0 aliphatic rings. The lowest BCUT2D eigenvalue weighted by Crippen LogP contribution is -1.86. The molecule has 0 aliphatic carbocycles. The number of benzene rings is 1. The molecule has 2 aromatic rings. The molecule has 3 nitrogen and oxygen atoms in total. The Kier molecular flexibility index (Phi) is 3.17. The van der Waals surface area contributed by atoms with Gasteiger partial charge in [0.05, 0.1) is 12.7 Å². The van der Waals surface area contributed by atoms with Gasteiger partial charge in [-0.15, -0.1) is 0 Å². The Labute approximate surface area is 98.2 Å². The molecule has 0 unspecified atom stereocenters. The predicted molar refractivity (Wildman–Crippen MR) is 61.6 cm³/mol. The van der Waals surface area contributed by atoms with Gasteiger partial charge >= 0.3 is 0 Å². The van der Waals surface area contributed by atoms with Gasteiger partial charge in [-0.2, -0.15) is 0 Å². The van der Waals surface area contributed by atoms with Crippen LogP contribution in [0, 0.1) is 0 Å². The zero-order valence-corrected chi connectivity index (χ0v) is 9.49. The molecule has 84 valence electrons. The summed E-state index contributed by atoms with van der Waals surface area (Å²) in [6.07, 6.45) is 0. The van der Waals surface area contributed by atoms with Crippen LogP contribution < -0.4 is 4.74 Å². The van der Waals surface area contributed by atoms with E-state index in [9.17, 15) is 0 Å². The van der Waals surface area contributed by atoms with Gasteiger partial charge in [-0.3, -0.25) is 0 Å². The summed E-state index contributed by atoms with van der Waals surface area (Å²) in [7, 11) is 1.59. The van der Waals surface area contributed by atoms with E-state index in [4.69, 9.17) is 25.9 Å². The number of rotatable bonds is 3. The number of aliphatic hydroxyl groups is 1. The van der Waals surface area contributed by atoms with Crippen molar-refractivity contribution in [2.45, 2.75) is 6.61 Å². The van der Waals surface area contributed by atoms with Gasteiger partial charge in [0.1, 0.15) is 23.9 Å². The maximum atomic E-state index is 8.93. The zero-order chi connectivity index (χ0) is 11.5. The van der Waals surface area contributed by atoms with Gasteiger partial charge in [-0.05, 0) is 30.3 Å². The number of ether oxygens (including phenoxy) is 1. The molecule has 4 heteroatoms. The largest absolute Gasteiger partial charge is 0.496 e. The molecule has 16 heavy (non-hydrogen) atoms. The van der Waals surface area contributed by atoms with Crippen molar-refractivity contribution in [3.05, 3.63) is 41.1 Å². The third-order valence-electron chi connectivity index (χ3n) is 2.24. The molecule has 0 bridgehead atoms. The standard InChI is InChI=1S/C12H11ClO3/c1-15-11-4-2-8(13)6-10(11)12-5-3-9(7-14)16-12/h2-6,14H,7H2,1H3. The van der Waals surface area contributed by atoms with Crippen molar-refractivity contribution in [2.24, 2.45) is 0 Å². The van der Waals surface area contributed by atoms with Crippen molar-refractivity contribution in [1.29, 1.82) is 0 Å². The topological polar surface area (TPSA) is 42.6 Å². The first-order chi connectivity index (χ1) is 7.74. The van der Waals surface area contributed by atoms with Gasteiger partial charge in [-0.25, -0.2) is 0 Å². The second kappa shape index (κ2) is 4.60. The summed E-state index contributed by atoms with van der Waals surface area (Å²) in [4.78, 5) is 0. The van der Waals surface area contributed by atoms with E-state index >= 15 is 0 Å². The van der Waals surface area contributed by atoms with Crippen molar-refractivity contribution >= 4 is 11.6 Å². The summed E-state index contributed by atoms with van der Waals surface area (Å²) >= 11 is 5.92. The third-order valence-corrected chi connectivity index (χ3v) is 2.48. The molecule has 1 aromatic heterocycles. The van der Waals surface area contributed by atoms with Crippen LogP contribution in [0.1, 0.15) is 5.76 Å². The van der Waals surface area contributed by atoms with Crippen LogP contribution in [-0.4, -0.2) is 12.2 Å². The summed E-state index contributed by atoms with van der Waals surface area (Å²) in [5.74, 6) is 1.82. The monoisotopic (exact) mass is 238 g/mol. The maximum absolute atomic E-state index is 8.93. The minimum Gasteiger partial charge on any atom is -0.496 e. The van der Waals surface area contributed by atoms with E-state index in [-0.39, 0.29) is 6.61 Å². The average molecular weight is 239 g/mol. The highest BCUT2D eigenvalue weighted by Gasteiger charge is 2.10. The van der Waals surface area contributed by atoms with Crippen molar-refractivity contribution in [3.8, 4) is 17.1 Å². The van der Waals surface area contributed by atoms with E-state index < -0.39 is 0 Å². The van der Waals surface area contributed by atoms with E-state index in [0.717, 1.165) is 5.56 Å². The van der Waals surface area contributed by atoms with Gasteiger partial charge in [0, 0.05) is 5.02 Å². The summed E-state index contributed by atoms with van der Waals surface area (Å²) in [5, 5.41) is 9.54. The molecule has 0 fully saturated rings. The average Bonchev–Trinajstić information content (AvgIpc) is 2.77. The fourth-order valence-electron chi connectivity index (χ4n) is 1.48. The lowest BCUT2D eigenvalue weighted by Gasteiger charge is -2.06. The minimum atomic E-state index is -0.122. The quantitative estimate of drug-likeness (QED) is 0.894. The maximum Gasteiger partial charge on any atom is 0.138 e. The fraction of sp³-hybridized carbons (Fsp3) is 0.167. The van der Waals surface area contributed by atoms with E-state index in [2.05, 4.69) is 0 Å². The van der Waals surface area contributed by atoms with Crippen LogP contribution in [0.3, 0.4) is 0 Å². The Bertz CT molecular complexity index is 491. The van der Waals surface area contributed by atoms with Crippen LogP contribution in [0.4, 0.5) is 0 Å². The SMILES string of the molecule is COc1ccc(Cl)cc1-c1ccc(CO)o1. The third kappa shape index (κ3) is 2.05. The highest BCUT2D eigenvalue weighted by molar-refractivity contribution is 6.30. The van der Waals surface area contributed by atoms with Crippen LogP contribution >= 0.6 is 11.6 Å². The molecule has 0 atom stereocenters. The summed E-state index contributed by atoms with van der Waals surface area (Å²) in [5.41, 5.74) is 0.773. The predicted octanol–water partition coefficient (Wildman–Crippen LogP) is 3.10. The van der Waals surface area contributed by atoms with Crippen LogP contribution in [0.15, 0.2) is 34.7 Å². The summed E-state index contributed by atoms with van der Waals surface area (Å²) in [6.45, 7) is -0.122. The molecule has 0 saturated carbocycles. The number of methoxy groups -OCH3 is 1. The van der Waals surface area contributed by atoms with Crippen molar-refractivity contribution in [2.75, 3.05) is 7.11 Å². The highest BCUT2D eigenvalue weighted by Crippen LogP contribution is 2.33. The molecule has 0 aliphatic heterocycles. The lowest BCUT2D eigenvalue weighted by molar-refractivity contribution is 0.248. The molecular formula is C12H11ClO3. The first kappa shape index (κ1) is 11.0. The van der Waals surface area contributed by atoms with Crippen LogP contribution in [0.5, 0.6) is 5.75 Å². The number of hydrogen-bond donors (Lipinski definition) is 1. The second-order valence-electron chi connectivity index (χ2n) is 3.27. The normalized spacial score (nSPS) is 10.4. The van der Waals surface area contributed by atoms with Crippen LogP contribution in [-0.2, 0) is 6.61 Å². The van der Waals surface area contributed by atoms with Crippen LogP contribution in [0.2, 0.25) is 5.02 Å². The van der Waals surface area contributed by atoms with Crippen molar-refractivity contribution < 1.29 is 14.3 Å². The Morgan fingerprint density at radius 2 is 2.12 bits per heavy atom. The minimum absolute atomic E-state index is 0.122. The summed E-state index contributed by atoms with van der Waals surface area (Å²) < 4.78 is 10.6. The molecule has 0 radical (unpaired) electrons. The van der Waals surface area contributed by atoms with E-state index in [1.807, 2.05) is 0 Å². The number of furan rings is 1. The Balaban J connectivity index is 2.49.